The first-order valence-corrected chi connectivity index (χ1v) is 6.70. The van der Waals surface area contributed by atoms with Crippen LogP contribution in [0.1, 0.15) is 18.9 Å². The van der Waals surface area contributed by atoms with E-state index in [2.05, 4.69) is 42.6 Å². The highest BCUT2D eigenvalue weighted by Crippen LogP contribution is 2.05. The van der Waals surface area contributed by atoms with Crippen LogP contribution < -0.4 is 5.32 Å². The predicted octanol–water partition coefficient (Wildman–Crippen LogP) is 2.26. The van der Waals surface area contributed by atoms with Gasteiger partial charge in [0.2, 0.25) is 0 Å². The number of nitrogens with one attached hydrogen (secondary N) is 1. The highest BCUT2D eigenvalue weighted by Gasteiger charge is 2.07. The van der Waals surface area contributed by atoms with E-state index in [1.165, 1.54) is 5.56 Å². The molecule has 0 radical (unpaired) electrons. The lowest BCUT2D eigenvalue weighted by molar-refractivity contribution is 0.0578. The maximum atomic E-state index is 5.59. The molecular weight excluding hydrogens is 226 g/mol. The molecule has 0 bridgehead atoms. The average Bonchev–Trinajstić information content (AvgIpc) is 2.42. The molecule has 1 N–H and O–H groups in total. The molecule has 0 amide bonds. The molecule has 1 rings (SSSR count). The second-order valence-electron chi connectivity index (χ2n) is 4.35. The molecule has 0 fully saturated rings. The number of hydrogen-bond donors (Lipinski definition) is 1. The van der Waals surface area contributed by atoms with Crippen molar-refractivity contribution in [1.29, 1.82) is 0 Å². The van der Waals surface area contributed by atoms with E-state index in [9.17, 15) is 0 Å². The van der Waals surface area contributed by atoms with Crippen molar-refractivity contribution in [2.24, 2.45) is 0 Å². The van der Waals surface area contributed by atoms with Gasteiger partial charge in [-0.3, -0.25) is 0 Å². The number of likely N-dealkylation sites (N-methyl/N-ethyl adjacent to an activating group) is 1. The monoisotopic (exact) mass is 251 g/mol. The Hall–Kier alpha value is -0.900. The maximum absolute atomic E-state index is 5.59. The van der Waals surface area contributed by atoms with Gasteiger partial charge in [-0.2, -0.15) is 0 Å². The average molecular weight is 251 g/mol. The Morgan fingerprint density at radius 2 is 1.94 bits per heavy atom. The summed E-state index contributed by atoms with van der Waals surface area (Å²) in [5.41, 5.74) is 1.39. The van der Waals surface area contributed by atoms with Gasteiger partial charge < -0.3 is 14.8 Å². The van der Waals surface area contributed by atoms with E-state index >= 15 is 0 Å². The van der Waals surface area contributed by atoms with Crippen LogP contribution in [0.2, 0.25) is 0 Å². The summed E-state index contributed by atoms with van der Waals surface area (Å²) in [4.78, 5) is 0. The van der Waals surface area contributed by atoms with Crippen LogP contribution in [0.25, 0.3) is 0 Å². The van der Waals surface area contributed by atoms with Crippen molar-refractivity contribution in [2.45, 2.75) is 25.8 Å². The Morgan fingerprint density at radius 1 is 1.17 bits per heavy atom. The lowest BCUT2D eigenvalue weighted by Crippen LogP contribution is -2.34. The van der Waals surface area contributed by atoms with Crippen molar-refractivity contribution in [2.75, 3.05) is 33.5 Å². The van der Waals surface area contributed by atoms with Gasteiger partial charge in [0.05, 0.1) is 19.8 Å². The zero-order valence-electron chi connectivity index (χ0n) is 11.5. The molecule has 0 heterocycles. The highest BCUT2D eigenvalue weighted by molar-refractivity contribution is 5.14. The van der Waals surface area contributed by atoms with Crippen molar-refractivity contribution >= 4 is 0 Å². The van der Waals surface area contributed by atoms with Gasteiger partial charge in [0, 0.05) is 13.2 Å². The molecule has 0 aliphatic rings. The number of aryl methyl sites for hydroxylation is 1. The molecule has 0 spiro atoms. The van der Waals surface area contributed by atoms with Crippen molar-refractivity contribution < 1.29 is 9.47 Å². The van der Waals surface area contributed by atoms with Gasteiger partial charge in [0.25, 0.3) is 0 Å². The number of methoxy groups -OCH3 is 1. The number of ether oxygens (including phenoxy) is 2. The molecule has 0 aromatic heterocycles. The Balaban J connectivity index is 2.24. The predicted molar refractivity (Wildman–Crippen MR) is 74.9 cm³/mol. The van der Waals surface area contributed by atoms with Crippen LogP contribution in [0.3, 0.4) is 0 Å². The summed E-state index contributed by atoms with van der Waals surface area (Å²) in [6.45, 7) is 5.20. The summed E-state index contributed by atoms with van der Waals surface area (Å²) < 4.78 is 10.6. The molecule has 1 aromatic rings. The molecule has 1 atom stereocenters. The van der Waals surface area contributed by atoms with E-state index in [0.717, 1.165) is 26.0 Å². The van der Waals surface area contributed by atoms with Crippen LogP contribution in [0.15, 0.2) is 30.3 Å². The van der Waals surface area contributed by atoms with Gasteiger partial charge in [0.1, 0.15) is 0 Å². The molecule has 0 saturated carbocycles. The third-order valence-corrected chi connectivity index (χ3v) is 2.87. The van der Waals surface area contributed by atoms with E-state index in [1.54, 1.807) is 7.11 Å². The van der Waals surface area contributed by atoms with Gasteiger partial charge in [-0.1, -0.05) is 37.3 Å². The molecule has 1 aromatic carbocycles. The van der Waals surface area contributed by atoms with Crippen LogP contribution in [0.5, 0.6) is 0 Å². The van der Waals surface area contributed by atoms with Crippen molar-refractivity contribution in [3.05, 3.63) is 35.9 Å². The van der Waals surface area contributed by atoms with Crippen LogP contribution in [0.4, 0.5) is 0 Å². The fourth-order valence-corrected chi connectivity index (χ4v) is 1.89. The number of hydrogen-bond acceptors (Lipinski definition) is 3. The molecule has 0 aliphatic carbocycles. The van der Waals surface area contributed by atoms with Crippen molar-refractivity contribution in [3.63, 3.8) is 0 Å². The lowest BCUT2D eigenvalue weighted by atomic mass is 10.1. The minimum Gasteiger partial charge on any atom is -0.382 e. The molecule has 3 nitrogen and oxygen atoms in total. The van der Waals surface area contributed by atoms with Crippen LogP contribution in [-0.2, 0) is 15.9 Å². The molecule has 3 heteroatoms. The van der Waals surface area contributed by atoms with Gasteiger partial charge in [0.15, 0.2) is 0 Å². The smallest absolute Gasteiger partial charge is 0.0701 e. The Morgan fingerprint density at radius 3 is 2.61 bits per heavy atom. The molecule has 0 aliphatic heterocycles. The van der Waals surface area contributed by atoms with E-state index in [1.807, 2.05) is 0 Å². The molecular formula is C15H25NO2. The number of rotatable bonds is 10. The summed E-state index contributed by atoms with van der Waals surface area (Å²) in [6.07, 6.45) is 2.19. The second-order valence-corrected chi connectivity index (χ2v) is 4.35. The standard InChI is InChI=1S/C15H25NO2/c1-3-16-15(13-18-12-11-17-2)10-9-14-7-5-4-6-8-14/h4-8,15-16H,3,9-13H2,1-2H3. The summed E-state index contributed by atoms with van der Waals surface area (Å²) in [7, 11) is 1.69. The van der Waals surface area contributed by atoms with Gasteiger partial charge >= 0.3 is 0 Å². The maximum Gasteiger partial charge on any atom is 0.0701 e. The first-order valence-electron chi connectivity index (χ1n) is 6.70. The fourth-order valence-electron chi connectivity index (χ4n) is 1.89. The van der Waals surface area contributed by atoms with E-state index in [0.29, 0.717) is 19.3 Å². The Labute approximate surface area is 110 Å². The third-order valence-electron chi connectivity index (χ3n) is 2.87. The fraction of sp³-hybridized carbons (Fsp3) is 0.600. The third kappa shape index (κ3) is 6.74. The van der Waals surface area contributed by atoms with Crippen LogP contribution in [-0.4, -0.2) is 39.5 Å². The first kappa shape index (κ1) is 15.2. The Kier molecular flexibility index (Phi) is 8.47. The number of benzene rings is 1. The Bertz CT molecular complexity index is 290. The van der Waals surface area contributed by atoms with E-state index < -0.39 is 0 Å². The zero-order chi connectivity index (χ0) is 13.1. The van der Waals surface area contributed by atoms with Crippen LogP contribution in [0, 0.1) is 0 Å². The lowest BCUT2D eigenvalue weighted by Gasteiger charge is -2.18. The van der Waals surface area contributed by atoms with Crippen molar-refractivity contribution in [3.8, 4) is 0 Å². The highest BCUT2D eigenvalue weighted by atomic mass is 16.5. The topological polar surface area (TPSA) is 30.5 Å². The summed E-state index contributed by atoms with van der Waals surface area (Å²) in [6, 6.07) is 11.0. The quantitative estimate of drug-likeness (QED) is 0.647. The SMILES string of the molecule is CCNC(CCc1ccccc1)COCCOC. The van der Waals surface area contributed by atoms with Crippen LogP contribution >= 0.6 is 0 Å². The summed E-state index contributed by atoms with van der Waals surface area (Å²) in [5.74, 6) is 0. The van der Waals surface area contributed by atoms with Gasteiger partial charge in [-0.05, 0) is 24.9 Å². The minimum absolute atomic E-state index is 0.423. The summed E-state index contributed by atoms with van der Waals surface area (Å²) >= 11 is 0. The second kappa shape index (κ2) is 10.1. The van der Waals surface area contributed by atoms with Crippen molar-refractivity contribution in [1.82, 2.24) is 5.32 Å². The molecule has 1 unspecified atom stereocenters. The first-order chi connectivity index (χ1) is 8.86. The van der Waals surface area contributed by atoms with E-state index in [-0.39, 0.29) is 0 Å². The van der Waals surface area contributed by atoms with Gasteiger partial charge in [-0.15, -0.1) is 0 Å². The largest absolute Gasteiger partial charge is 0.382 e. The minimum atomic E-state index is 0.423. The molecule has 102 valence electrons. The molecule has 0 saturated heterocycles. The van der Waals surface area contributed by atoms with E-state index in [4.69, 9.17) is 9.47 Å². The molecule has 18 heavy (non-hydrogen) atoms. The zero-order valence-corrected chi connectivity index (χ0v) is 11.5. The summed E-state index contributed by atoms with van der Waals surface area (Å²) in [5, 5.41) is 3.46. The van der Waals surface area contributed by atoms with Gasteiger partial charge in [-0.25, -0.2) is 0 Å². The normalized spacial score (nSPS) is 12.6.